The molecule has 0 spiro atoms. The van der Waals surface area contributed by atoms with Crippen molar-refractivity contribution in [3.05, 3.63) is 293 Å². The first-order valence-electron chi connectivity index (χ1n) is 49.1. The molecule has 15 heterocycles. The number of nitrogens with zero attached hydrogens (tertiary/aromatic N) is 4. The number of hydrogen-bond donors (Lipinski definition) is 0. The van der Waals surface area contributed by atoms with Crippen LogP contribution in [0.25, 0.3) is 64.5 Å². The molecule has 18 aliphatic rings. The molecule has 8 unspecified atom stereocenters. The van der Waals surface area contributed by atoms with Crippen LogP contribution in [-0.4, -0.2) is 57.1 Å². The lowest BCUT2D eigenvalue weighted by atomic mass is 9.35. The number of fused-ring (bicyclic) bond motifs is 38. The molecule has 0 saturated heterocycles. The van der Waals surface area contributed by atoms with Gasteiger partial charge in [-0.1, -0.05) is 328 Å². The third kappa shape index (κ3) is 8.33. The number of rotatable bonds is 0. The Morgan fingerprint density at radius 2 is 0.672 bits per heavy atom. The van der Waals surface area contributed by atoms with Crippen molar-refractivity contribution in [1.29, 1.82) is 0 Å². The van der Waals surface area contributed by atoms with Crippen molar-refractivity contribution in [2.45, 2.75) is 234 Å². The number of hydrogen-bond acceptors (Lipinski definition) is 6. The molecule has 0 radical (unpaired) electrons. The standard InChI is InChI=1S/C31H30BN.C30H30BNSi.C28H24BNO.C28H24BNS/c1-29(2)21-13-6-5-11-19(21)27-25(29)20-12-9-16-24-26(20)32(27)23-15-10-14-22-28(23)33(24)31(4)18-8-7-17-30(22,31)3;1-29-17-7-8-18-30(29,2)32-23-15-9-12-20-25(23)31(22-14-10-13-21(29)27(22)32)26-19-11-5-6-16-24(19)33(3,4)28(20)26;2*1-27-15-5-6-16-28(27,2)30-21-13-7-10-18-23(21)29(20-12-8-11-19(27)25(20)30)24-17-9-3-4-14-22(17)31-26(18)24/h2*5-6,9-16H,7-8,17-18H2,1-4H3;2*3-4,7-14H,5-6,15-16H2,1-2H3. The van der Waals surface area contributed by atoms with Crippen LogP contribution >= 0.6 is 11.3 Å². The Bertz CT molecular complexity index is 7130. The first kappa shape index (κ1) is 75.1. The topological polar surface area (TPSA) is 26.1 Å². The predicted molar refractivity (Wildman–Crippen MR) is 549 cm³/mol. The van der Waals surface area contributed by atoms with Gasteiger partial charge in [0.2, 0.25) is 20.1 Å². The normalized spacial score (nSPS) is 27.8. The van der Waals surface area contributed by atoms with Gasteiger partial charge in [0.15, 0.2) is 0 Å². The summed E-state index contributed by atoms with van der Waals surface area (Å²) in [5.74, 6) is 1.08. The van der Waals surface area contributed by atoms with Crippen molar-refractivity contribution in [3.8, 4) is 21.8 Å². The summed E-state index contributed by atoms with van der Waals surface area (Å²) in [4.78, 5) is 12.7. The van der Waals surface area contributed by atoms with Crippen molar-refractivity contribution >= 4 is 194 Å². The molecule has 4 saturated carbocycles. The zero-order chi connectivity index (χ0) is 85.7. The maximum atomic E-state index is 6.48. The Morgan fingerprint density at radius 1 is 0.305 bits per heavy atom. The van der Waals surface area contributed by atoms with Crippen LogP contribution in [0.2, 0.25) is 13.1 Å². The van der Waals surface area contributed by atoms with Crippen molar-refractivity contribution in [2.75, 3.05) is 19.6 Å². The van der Waals surface area contributed by atoms with E-state index in [1.54, 1.807) is 93.2 Å². The SMILES string of the molecule is CC1(C)C2=C(B3c4cccc5c4N(c4cccc2c43)C2(C)CCCCC52C)c2ccccc21.CC12CCCCC1(C)N1c3cccc4c3B(C3=C4[Si](C)(C)c4ccccc43)c3cccc2c31.CC12CCCCC1(C)N1c3cccc4c3B(c3cccc2c31)c1c-4oc2ccccc12.CC12CCCCC1(C)N1c3cccc4c3B(c3cccc2c31)c1c-4sc2ccccc12. The van der Waals surface area contributed by atoms with E-state index in [0.29, 0.717) is 20.1 Å². The summed E-state index contributed by atoms with van der Waals surface area (Å²) >= 11 is 1.99. The quantitative estimate of drug-likeness (QED) is 0.141. The minimum atomic E-state index is -1.74. The summed E-state index contributed by atoms with van der Waals surface area (Å²) in [5, 5.41) is 6.06. The zero-order valence-corrected chi connectivity index (χ0v) is 78.1. The van der Waals surface area contributed by atoms with Gasteiger partial charge in [0.25, 0.3) is 6.71 Å². The van der Waals surface area contributed by atoms with Crippen LogP contribution in [-0.2, 0) is 27.1 Å². The maximum Gasteiger partial charge on any atom is 0.253 e. The minimum absolute atomic E-state index is 0.0361. The Hall–Kier alpha value is -10.7. The molecule has 5 aliphatic carbocycles. The third-order valence-corrected chi connectivity index (χ3v) is 44.1. The molecule has 624 valence electrons. The van der Waals surface area contributed by atoms with Gasteiger partial charge >= 0.3 is 0 Å². The van der Waals surface area contributed by atoms with Gasteiger partial charge in [-0.25, -0.2) is 0 Å². The van der Waals surface area contributed by atoms with Crippen LogP contribution in [0.4, 0.5) is 45.5 Å². The van der Waals surface area contributed by atoms with E-state index >= 15 is 0 Å². The average molecular weight is 1690 g/mol. The molecular formula is C117H108B4N4OSSi. The smallest absolute Gasteiger partial charge is 0.253 e. The lowest BCUT2D eigenvalue weighted by molar-refractivity contribution is 0.195. The molecule has 4 fully saturated rings. The molecular weight excluding hydrogens is 1580 g/mol. The number of allylic oxidation sites excluding steroid dienone is 1. The maximum absolute atomic E-state index is 6.48. The van der Waals surface area contributed by atoms with Gasteiger partial charge in [-0.05, 0) is 242 Å². The molecule has 11 heteroatoms. The molecule has 12 aromatic carbocycles. The Balaban J connectivity index is 0.0000000845. The number of thiophene rings is 1. The Labute approximate surface area is 761 Å². The fraction of sp³-hybridized carbons (Fsp3) is 0.316. The van der Waals surface area contributed by atoms with Crippen LogP contribution in [0.15, 0.2) is 247 Å². The second kappa shape index (κ2) is 24.5. The second-order valence-corrected chi connectivity index (χ2v) is 50.2. The van der Waals surface area contributed by atoms with Gasteiger partial charge in [0.05, 0.1) is 22.2 Å². The first-order valence-corrected chi connectivity index (χ1v) is 52.9. The first-order chi connectivity index (χ1) is 62.1. The van der Waals surface area contributed by atoms with Crippen LogP contribution in [0.3, 0.4) is 0 Å². The minimum Gasteiger partial charge on any atom is -0.457 e. The summed E-state index contributed by atoms with van der Waals surface area (Å²) in [7, 11) is -1.74. The van der Waals surface area contributed by atoms with Crippen molar-refractivity contribution < 1.29 is 4.42 Å². The lowest BCUT2D eigenvalue weighted by Crippen LogP contribution is -2.60. The fourth-order valence-corrected chi connectivity index (χ4v) is 37.7. The van der Waals surface area contributed by atoms with Crippen LogP contribution in [0.5, 0.6) is 0 Å². The van der Waals surface area contributed by atoms with Gasteiger partial charge < -0.3 is 24.0 Å². The molecule has 128 heavy (non-hydrogen) atoms. The summed E-state index contributed by atoms with van der Waals surface area (Å²) in [6.07, 6.45) is 20.9. The Kier molecular flexibility index (Phi) is 14.4. The molecule has 8 atom stereocenters. The largest absolute Gasteiger partial charge is 0.457 e. The summed E-state index contributed by atoms with van der Waals surface area (Å²) < 4.78 is 7.91. The summed E-state index contributed by atoms with van der Waals surface area (Å²) in [6, 6.07) is 93.4. The monoisotopic (exact) mass is 1690 g/mol. The second-order valence-electron chi connectivity index (χ2n) is 44.9. The fourth-order valence-electron chi connectivity index (χ4n) is 32.9. The van der Waals surface area contributed by atoms with Gasteiger partial charge in [-0.2, -0.15) is 0 Å². The van der Waals surface area contributed by atoms with Gasteiger partial charge in [0, 0.05) is 93.1 Å². The molecule has 0 bridgehead atoms. The highest BCUT2D eigenvalue weighted by atomic mass is 32.1. The van der Waals surface area contributed by atoms with Gasteiger partial charge in [-0.3, -0.25) is 0 Å². The number of anilines is 8. The highest BCUT2D eigenvalue weighted by molar-refractivity contribution is 7.27. The molecule has 5 nitrogen and oxygen atoms in total. The van der Waals surface area contributed by atoms with E-state index in [1.807, 2.05) is 11.3 Å². The predicted octanol–water partition coefficient (Wildman–Crippen LogP) is 21.8. The highest BCUT2D eigenvalue weighted by Gasteiger charge is 2.68. The lowest BCUT2D eigenvalue weighted by Gasteiger charge is -2.51. The van der Waals surface area contributed by atoms with Crippen molar-refractivity contribution in [3.63, 3.8) is 0 Å². The average Bonchev–Trinajstić information content (AvgIpc) is 1.54. The van der Waals surface area contributed by atoms with Crippen LogP contribution < -0.4 is 79.4 Å². The molecule has 14 aromatic rings. The van der Waals surface area contributed by atoms with Crippen molar-refractivity contribution in [1.82, 2.24) is 0 Å². The van der Waals surface area contributed by atoms with Gasteiger partial charge in [-0.15, -0.1) is 11.3 Å². The highest BCUT2D eigenvalue weighted by Crippen LogP contribution is 2.69. The number of furan rings is 1. The molecule has 0 amide bonds. The molecule has 2 aromatic heterocycles. The van der Waals surface area contributed by atoms with E-state index in [1.165, 1.54) is 218 Å². The Morgan fingerprint density at radius 3 is 1.20 bits per heavy atom. The van der Waals surface area contributed by atoms with Gasteiger partial charge in [0.1, 0.15) is 19.4 Å². The van der Waals surface area contributed by atoms with E-state index in [2.05, 4.69) is 345 Å². The van der Waals surface area contributed by atoms with E-state index < -0.39 is 8.07 Å². The zero-order valence-electron chi connectivity index (χ0n) is 76.3. The summed E-state index contributed by atoms with van der Waals surface area (Å²) in [6.45, 7) is 31.8. The van der Waals surface area contributed by atoms with Crippen LogP contribution in [0, 0.1) is 0 Å². The van der Waals surface area contributed by atoms with E-state index in [0.717, 1.165) is 11.3 Å². The number of benzene rings is 12. The van der Waals surface area contributed by atoms with Crippen LogP contribution in [0.1, 0.15) is 222 Å². The van der Waals surface area contributed by atoms with E-state index in [4.69, 9.17) is 4.42 Å². The van der Waals surface area contributed by atoms with E-state index in [-0.39, 0.29) is 55.9 Å². The van der Waals surface area contributed by atoms with Crippen molar-refractivity contribution in [2.24, 2.45) is 0 Å². The molecule has 32 rings (SSSR count). The summed E-state index contributed by atoms with van der Waals surface area (Å²) in [5.41, 5.74) is 51.2. The molecule has 0 N–H and O–H groups in total. The third-order valence-electron chi connectivity index (χ3n) is 39.3. The van der Waals surface area contributed by atoms with E-state index in [9.17, 15) is 0 Å². The molecule has 13 aliphatic heterocycles. The number of para-hydroxylation sites is 5.